The molecule has 198 valence electrons. The Morgan fingerprint density at radius 3 is 2.42 bits per heavy atom. The first-order valence-corrected chi connectivity index (χ1v) is 12.4. The van der Waals surface area contributed by atoms with Crippen LogP contribution in [0.1, 0.15) is 36.2 Å². The summed E-state index contributed by atoms with van der Waals surface area (Å²) in [5, 5.41) is 15.7. The van der Waals surface area contributed by atoms with E-state index in [2.05, 4.69) is 10.6 Å². The molecule has 4 rings (SSSR count). The summed E-state index contributed by atoms with van der Waals surface area (Å²) in [5.41, 5.74) is 3.43. The molecule has 2 unspecified atom stereocenters. The quantitative estimate of drug-likeness (QED) is 0.261. The van der Waals surface area contributed by atoms with E-state index in [1.54, 1.807) is 39.5 Å². The number of aromatic nitrogens is 2. The van der Waals surface area contributed by atoms with E-state index in [1.165, 1.54) is 0 Å². The molecule has 2 aromatic heterocycles. The van der Waals surface area contributed by atoms with Gasteiger partial charge in [-0.2, -0.15) is 0 Å². The summed E-state index contributed by atoms with van der Waals surface area (Å²) >= 11 is 0. The molecule has 0 fully saturated rings. The number of hydrogen-bond donors (Lipinski definition) is 3. The van der Waals surface area contributed by atoms with E-state index in [9.17, 15) is 14.7 Å². The number of amides is 1. The second-order valence-corrected chi connectivity index (χ2v) is 9.04. The summed E-state index contributed by atoms with van der Waals surface area (Å²) in [6.45, 7) is 4.26. The molecule has 1 amide bonds. The number of hydrogen-bond acceptors (Lipinski definition) is 6. The van der Waals surface area contributed by atoms with Crippen LogP contribution in [-0.4, -0.2) is 46.6 Å². The summed E-state index contributed by atoms with van der Waals surface area (Å²) < 4.78 is 12.8. The highest BCUT2D eigenvalue weighted by atomic mass is 16.5. The molecular weight excluding hydrogens is 484 g/mol. The molecule has 0 aliphatic heterocycles. The zero-order valence-electron chi connectivity index (χ0n) is 21.9. The molecule has 2 heterocycles. The third-order valence-electron chi connectivity index (χ3n) is 6.61. The van der Waals surface area contributed by atoms with Crippen LogP contribution in [0, 0.1) is 5.92 Å². The first-order chi connectivity index (χ1) is 18.4. The number of imidazole rings is 1. The highest BCUT2D eigenvalue weighted by Gasteiger charge is 2.26. The van der Waals surface area contributed by atoms with E-state index in [1.807, 2.05) is 59.9 Å². The predicted octanol–water partition coefficient (Wildman–Crippen LogP) is 4.86. The molecular formula is C29H32N4O5. The molecule has 9 heteroatoms. The number of anilines is 1. The number of ether oxygens (including phenoxy) is 2. The summed E-state index contributed by atoms with van der Waals surface area (Å²) in [6.07, 6.45) is 2.38. The number of methoxy groups -OCH3 is 2. The molecule has 0 saturated carbocycles. The molecule has 0 saturated heterocycles. The zero-order chi connectivity index (χ0) is 27.2. The number of rotatable bonds is 11. The van der Waals surface area contributed by atoms with Crippen LogP contribution < -0.4 is 20.1 Å². The lowest BCUT2D eigenvalue weighted by Gasteiger charge is -2.20. The minimum absolute atomic E-state index is 0.211. The van der Waals surface area contributed by atoms with Gasteiger partial charge in [0, 0.05) is 23.9 Å². The van der Waals surface area contributed by atoms with Gasteiger partial charge in [0.05, 0.1) is 14.2 Å². The Balaban J connectivity index is 1.75. The Morgan fingerprint density at radius 2 is 1.76 bits per heavy atom. The van der Waals surface area contributed by atoms with Crippen LogP contribution in [0.25, 0.3) is 16.9 Å². The minimum Gasteiger partial charge on any atom is -0.493 e. The summed E-state index contributed by atoms with van der Waals surface area (Å²) in [4.78, 5) is 29.5. The van der Waals surface area contributed by atoms with Crippen molar-refractivity contribution >= 4 is 23.3 Å². The van der Waals surface area contributed by atoms with Gasteiger partial charge >= 0.3 is 5.97 Å². The van der Waals surface area contributed by atoms with E-state index in [4.69, 9.17) is 14.5 Å². The SMILES string of the molecule is CCC(C)C(NC(=O)c1ccn2c(NCc3ccccc3)c(-c3ccc(OC)c(OC)c3)nc2c1)C(=O)O. The van der Waals surface area contributed by atoms with Crippen molar-refractivity contribution in [1.82, 2.24) is 14.7 Å². The van der Waals surface area contributed by atoms with Gasteiger partial charge in [-0.05, 0) is 41.8 Å². The second kappa shape index (κ2) is 11.7. The molecule has 0 aliphatic carbocycles. The average Bonchev–Trinajstić information content (AvgIpc) is 3.31. The number of carbonyl (C=O) groups excluding carboxylic acids is 1. The molecule has 2 aromatic carbocycles. The Morgan fingerprint density at radius 1 is 1.03 bits per heavy atom. The number of nitrogens with zero attached hydrogens (tertiary/aromatic N) is 2. The van der Waals surface area contributed by atoms with Crippen molar-refractivity contribution in [3.8, 4) is 22.8 Å². The summed E-state index contributed by atoms with van der Waals surface area (Å²) in [7, 11) is 3.16. The number of fused-ring (bicyclic) bond motifs is 1. The van der Waals surface area contributed by atoms with Gasteiger partial charge in [-0.25, -0.2) is 9.78 Å². The number of carboxylic acid groups (broad SMARTS) is 1. The van der Waals surface area contributed by atoms with Crippen LogP contribution >= 0.6 is 0 Å². The lowest BCUT2D eigenvalue weighted by molar-refractivity contribution is -0.140. The highest BCUT2D eigenvalue weighted by Crippen LogP contribution is 2.36. The number of pyridine rings is 1. The average molecular weight is 517 g/mol. The molecule has 0 spiro atoms. The van der Waals surface area contributed by atoms with E-state index < -0.39 is 17.9 Å². The number of aliphatic carboxylic acids is 1. The van der Waals surface area contributed by atoms with Crippen molar-refractivity contribution in [1.29, 1.82) is 0 Å². The van der Waals surface area contributed by atoms with Gasteiger partial charge in [0.25, 0.3) is 5.91 Å². The first kappa shape index (κ1) is 26.5. The van der Waals surface area contributed by atoms with Crippen molar-refractivity contribution in [2.24, 2.45) is 5.92 Å². The van der Waals surface area contributed by atoms with Gasteiger partial charge in [-0.1, -0.05) is 50.6 Å². The van der Waals surface area contributed by atoms with Crippen LogP contribution in [0.3, 0.4) is 0 Å². The van der Waals surface area contributed by atoms with Crippen LogP contribution in [-0.2, 0) is 11.3 Å². The summed E-state index contributed by atoms with van der Waals surface area (Å²) in [5.74, 6) is 0.184. The monoisotopic (exact) mass is 516 g/mol. The molecule has 9 nitrogen and oxygen atoms in total. The van der Waals surface area contributed by atoms with Crippen molar-refractivity contribution in [3.05, 3.63) is 78.0 Å². The highest BCUT2D eigenvalue weighted by molar-refractivity contribution is 5.97. The lowest BCUT2D eigenvalue weighted by Crippen LogP contribution is -2.45. The van der Waals surface area contributed by atoms with Crippen molar-refractivity contribution < 1.29 is 24.2 Å². The second-order valence-electron chi connectivity index (χ2n) is 9.04. The Labute approximate surface area is 221 Å². The maximum absolute atomic E-state index is 13.0. The van der Waals surface area contributed by atoms with Crippen LogP contribution in [0.4, 0.5) is 5.82 Å². The molecule has 0 radical (unpaired) electrons. The van der Waals surface area contributed by atoms with Gasteiger partial charge in [-0.15, -0.1) is 0 Å². The third-order valence-corrected chi connectivity index (χ3v) is 6.61. The molecule has 3 N–H and O–H groups in total. The van der Waals surface area contributed by atoms with Gasteiger partial charge in [0.1, 0.15) is 23.2 Å². The lowest BCUT2D eigenvalue weighted by atomic mass is 9.99. The number of nitrogens with one attached hydrogen (secondary N) is 2. The van der Waals surface area contributed by atoms with Gasteiger partial charge < -0.3 is 25.2 Å². The van der Waals surface area contributed by atoms with Gasteiger partial charge in [-0.3, -0.25) is 9.20 Å². The van der Waals surface area contributed by atoms with Gasteiger partial charge in [0.15, 0.2) is 11.5 Å². The third kappa shape index (κ3) is 5.56. The minimum atomic E-state index is -1.06. The molecule has 38 heavy (non-hydrogen) atoms. The van der Waals surface area contributed by atoms with E-state index in [0.29, 0.717) is 41.4 Å². The number of carbonyl (C=O) groups is 2. The fourth-order valence-electron chi connectivity index (χ4n) is 4.23. The van der Waals surface area contributed by atoms with Crippen molar-refractivity contribution in [2.75, 3.05) is 19.5 Å². The fraction of sp³-hybridized carbons (Fsp3) is 0.276. The van der Waals surface area contributed by atoms with Crippen LogP contribution in [0.5, 0.6) is 11.5 Å². The summed E-state index contributed by atoms with van der Waals surface area (Å²) in [6, 6.07) is 17.9. The van der Waals surface area contributed by atoms with Crippen LogP contribution in [0.15, 0.2) is 66.9 Å². The van der Waals surface area contributed by atoms with E-state index >= 15 is 0 Å². The normalized spacial score (nSPS) is 12.5. The topological polar surface area (TPSA) is 114 Å². The van der Waals surface area contributed by atoms with Crippen molar-refractivity contribution in [2.45, 2.75) is 32.9 Å². The zero-order valence-corrected chi connectivity index (χ0v) is 21.9. The van der Waals surface area contributed by atoms with Crippen LogP contribution in [0.2, 0.25) is 0 Å². The Hall–Kier alpha value is -4.53. The number of benzene rings is 2. The van der Waals surface area contributed by atoms with E-state index in [-0.39, 0.29) is 5.92 Å². The predicted molar refractivity (Wildman–Crippen MR) is 146 cm³/mol. The maximum Gasteiger partial charge on any atom is 0.326 e. The standard InChI is InChI=1S/C29H32N4O5/c1-5-18(2)25(29(35)36)32-28(34)21-13-14-33-24(16-21)31-26(20-11-12-22(37-3)23(15-20)38-4)27(33)30-17-19-9-7-6-8-10-19/h6-16,18,25,30H,5,17H2,1-4H3,(H,32,34)(H,35,36). The van der Waals surface area contributed by atoms with Crippen molar-refractivity contribution in [3.63, 3.8) is 0 Å². The van der Waals surface area contributed by atoms with Gasteiger partial charge in [0.2, 0.25) is 0 Å². The molecule has 2 atom stereocenters. The Bertz CT molecular complexity index is 1430. The Kier molecular flexibility index (Phi) is 8.15. The number of carboxylic acids is 1. The largest absolute Gasteiger partial charge is 0.493 e. The van der Waals surface area contributed by atoms with E-state index in [0.717, 1.165) is 16.9 Å². The fourth-order valence-corrected chi connectivity index (χ4v) is 4.23. The smallest absolute Gasteiger partial charge is 0.326 e. The first-order valence-electron chi connectivity index (χ1n) is 12.4. The molecule has 0 bridgehead atoms. The molecule has 4 aromatic rings. The molecule has 0 aliphatic rings. The maximum atomic E-state index is 13.0.